The minimum absolute atomic E-state index is 0.626. The number of hydrogen-bond acceptors (Lipinski definition) is 2. The predicted octanol–water partition coefficient (Wildman–Crippen LogP) is 4.19. The second-order valence-electron chi connectivity index (χ2n) is 5.20. The Balaban J connectivity index is 1.87. The Bertz CT molecular complexity index is 638. The molecule has 2 rings (SSSR count). The molecule has 0 amide bonds. The van der Waals surface area contributed by atoms with Gasteiger partial charge in [0.2, 0.25) is 0 Å². The van der Waals surface area contributed by atoms with Crippen molar-refractivity contribution in [2.45, 2.75) is 27.3 Å². The van der Waals surface area contributed by atoms with Gasteiger partial charge in [0.15, 0.2) is 5.11 Å². The third kappa shape index (κ3) is 4.74. The Morgan fingerprint density at radius 2 is 1.82 bits per heavy atom. The molecular formula is C18H22N2OS. The van der Waals surface area contributed by atoms with Gasteiger partial charge in [0.25, 0.3) is 0 Å². The molecule has 0 aliphatic heterocycles. The van der Waals surface area contributed by atoms with Crippen molar-refractivity contribution in [3.63, 3.8) is 0 Å². The van der Waals surface area contributed by atoms with E-state index >= 15 is 0 Å². The van der Waals surface area contributed by atoms with Crippen LogP contribution in [-0.2, 0) is 6.54 Å². The summed E-state index contributed by atoms with van der Waals surface area (Å²) in [4.78, 5) is 0. The average Bonchev–Trinajstić information content (AvgIpc) is 2.50. The highest BCUT2D eigenvalue weighted by atomic mass is 32.1. The lowest BCUT2D eigenvalue weighted by Gasteiger charge is -2.13. The van der Waals surface area contributed by atoms with E-state index in [0.717, 1.165) is 17.0 Å². The molecule has 0 aliphatic rings. The van der Waals surface area contributed by atoms with E-state index in [1.54, 1.807) is 0 Å². The predicted molar refractivity (Wildman–Crippen MR) is 96.6 cm³/mol. The van der Waals surface area contributed by atoms with Crippen molar-refractivity contribution in [2.24, 2.45) is 0 Å². The number of ether oxygens (including phenoxy) is 1. The fourth-order valence-electron chi connectivity index (χ4n) is 2.17. The molecule has 0 unspecified atom stereocenters. The molecule has 3 nitrogen and oxygen atoms in total. The van der Waals surface area contributed by atoms with Gasteiger partial charge in [-0.2, -0.15) is 0 Å². The molecule has 0 bridgehead atoms. The topological polar surface area (TPSA) is 33.3 Å². The summed E-state index contributed by atoms with van der Waals surface area (Å²) in [6.07, 6.45) is 0. The summed E-state index contributed by atoms with van der Waals surface area (Å²) in [5.41, 5.74) is 4.63. The quantitative estimate of drug-likeness (QED) is 0.811. The van der Waals surface area contributed by atoms with Gasteiger partial charge in [-0.25, -0.2) is 0 Å². The van der Waals surface area contributed by atoms with E-state index in [1.165, 1.54) is 11.1 Å². The van der Waals surface area contributed by atoms with Crippen LogP contribution in [0, 0.1) is 13.8 Å². The van der Waals surface area contributed by atoms with E-state index < -0.39 is 0 Å². The zero-order valence-electron chi connectivity index (χ0n) is 13.3. The molecule has 0 atom stereocenters. The fraction of sp³-hybridized carbons (Fsp3) is 0.278. The molecule has 2 N–H and O–H groups in total. The lowest BCUT2D eigenvalue weighted by atomic mass is 10.1. The molecule has 0 aliphatic carbocycles. The zero-order valence-corrected chi connectivity index (χ0v) is 14.1. The molecule has 0 fully saturated rings. The maximum Gasteiger partial charge on any atom is 0.171 e. The van der Waals surface area contributed by atoms with E-state index in [4.69, 9.17) is 17.0 Å². The Hall–Kier alpha value is -2.07. The van der Waals surface area contributed by atoms with Gasteiger partial charge < -0.3 is 15.4 Å². The smallest absolute Gasteiger partial charge is 0.171 e. The number of rotatable bonds is 5. The van der Waals surface area contributed by atoms with Crippen LogP contribution >= 0.6 is 12.2 Å². The molecule has 0 radical (unpaired) electrons. The van der Waals surface area contributed by atoms with Crippen molar-refractivity contribution < 1.29 is 4.74 Å². The van der Waals surface area contributed by atoms with E-state index in [0.29, 0.717) is 18.3 Å². The second-order valence-corrected chi connectivity index (χ2v) is 5.61. The molecule has 2 aromatic carbocycles. The maximum atomic E-state index is 5.43. The van der Waals surface area contributed by atoms with Crippen molar-refractivity contribution in [2.75, 3.05) is 11.9 Å². The summed E-state index contributed by atoms with van der Waals surface area (Å²) < 4.78 is 5.43. The number of aryl methyl sites for hydroxylation is 2. The molecule has 0 saturated carbocycles. The van der Waals surface area contributed by atoms with Gasteiger partial charge in [0.05, 0.1) is 6.61 Å². The molecule has 0 heterocycles. The summed E-state index contributed by atoms with van der Waals surface area (Å²) in [6, 6.07) is 14.3. The van der Waals surface area contributed by atoms with Gasteiger partial charge in [-0.15, -0.1) is 0 Å². The number of thiocarbonyl (C=S) groups is 1. The SMILES string of the molecule is CCOc1ccc(CNC(=S)Nc2ccc(C)cc2C)cc1. The Morgan fingerprint density at radius 3 is 2.45 bits per heavy atom. The van der Waals surface area contributed by atoms with Crippen molar-refractivity contribution in [1.82, 2.24) is 5.32 Å². The van der Waals surface area contributed by atoms with Crippen molar-refractivity contribution in [3.05, 3.63) is 59.2 Å². The van der Waals surface area contributed by atoms with Crippen LogP contribution in [-0.4, -0.2) is 11.7 Å². The standard InChI is InChI=1S/C18H22N2OS/c1-4-21-16-8-6-15(7-9-16)12-19-18(22)20-17-10-5-13(2)11-14(17)3/h5-11H,4,12H2,1-3H3,(H2,19,20,22). The minimum atomic E-state index is 0.626. The number of benzene rings is 2. The van der Waals surface area contributed by atoms with Gasteiger partial charge >= 0.3 is 0 Å². The van der Waals surface area contributed by atoms with Gasteiger partial charge in [0, 0.05) is 12.2 Å². The number of nitrogens with one attached hydrogen (secondary N) is 2. The van der Waals surface area contributed by atoms with Gasteiger partial charge in [0.1, 0.15) is 5.75 Å². The fourth-order valence-corrected chi connectivity index (χ4v) is 2.36. The number of hydrogen-bond donors (Lipinski definition) is 2. The van der Waals surface area contributed by atoms with Gasteiger partial charge in [-0.3, -0.25) is 0 Å². The van der Waals surface area contributed by atoms with Crippen molar-refractivity contribution >= 4 is 23.0 Å². The van der Waals surface area contributed by atoms with Crippen LogP contribution in [0.1, 0.15) is 23.6 Å². The molecule has 116 valence electrons. The first-order valence-corrected chi connectivity index (χ1v) is 7.83. The highest BCUT2D eigenvalue weighted by Crippen LogP contribution is 2.16. The summed E-state index contributed by atoms with van der Waals surface area (Å²) in [5.74, 6) is 0.891. The van der Waals surface area contributed by atoms with Crippen LogP contribution in [0.5, 0.6) is 5.75 Å². The monoisotopic (exact) mass is 314 g/mol. The lowest BCUT2D eigenvalue weighted by molar-refractivity contribution is 0.340. The van der Waals surface area contributed by atoms with E-state index in [1.807, 2.05) is 31.2 Å². The molecule has 4 heteroatoms. The summed E-state index contributed by atoms with van der Waals surface area (Å²) >= 11 is 5.35. The Kier molecular flexibility index (Phi) is 5.78. The Morgan fingerprint density at radius 1 is 1.09 bits per heavy atom. The highest BCUT2D eigenvalue weighted by molar-refractivity contribution is 7.80. The molecule has 0 saturated heterocycles. The molecule has 22 heavy (non-hydrogen) atoms. The third-order valence-corrected chi connectivity index (χ3v) is 3.56. The summed E-state index contributed by atoms with van der Waals surface area (Å²) in [6.45, 7) is 7.50. The van der Waals surface area contributed by atoms with Crippen molar-refractivity contribution in [3.8, 4) is 5.75 Å². The molecular weight excluding hydrogens is 292 g/mol. The van der Waals surface area contributed by atoms with Crippen molar-refractivity contribution in [1.29, 1.82) is 0 Å². The first kappa shape index (κ1) is 16.3. The number of anilines is 1. The summed E-state index contributed by atoms with van der Waals surface area (Å²) in [5, 5.41) is 7.08. The van der Waals surface area contributed by atoms with Crippen LogP contribution in [0.15, 0.2) is 42.5 Å². The largest absolute Gasteiger partial charge is 0.494 e. The molecule has 0 aromatic heterocycles. The second kappa shape index (κ2) is 7.80. The lowest BCUT2D eigenvalue weighted by Crippen LogP contribution is -2.28. The van der Waals surface area contributed by atoms with Crippen LogP contribution in [0.3, 0.4) is 0 Å². The molecule has 0 spiro atoms. The van der Waals surface area contributed by atoms with E-state index in [2.05, 4.69) is 42.7 Å². The van der Waals surface area contributed by atoms with E-state index in [-0.39, 0.29) is 0 Å². The van der Waals surface area contributed by atoms with Crippen LogP contribution in [0.2, 0.25) is 0 Å². The average molecular weight is 314 g/mol. The van der Waals surface area contributed by atoms with E-state index in [9.17, 15) is 0 Å². The Labute approximate surface area is 137 Å². The first-order chi connectivity index (χ1) is 10.6. The van der Waals surface area contributed by atoms with Crippen LogP contribution < -0.4 is 15.4 Å². The maximum absolute atomic E-state index is 5.43. The highest BCUT2D eigenvalue weighted by Gasteiger charge is 2.02. The summed E-state index contributed by atoms with van der Waals surface area (Å²) in [7, 11) is 0. The van der Waals surface area contributed by atoms with Gasteiger partial charge in [-0.05, 0) is 62.3 Å². The van der Waals surface area contributed by atoms with Crippen LogP contribution in [0.25, 0.3) is 0 Å². The first-order valence-electron chi connectivity index (χ1n) is 7.42. The normalized spacial score (nSPS) is 10.1. The van der Waals surface area contributed by atoms with Gasteiger partial charge in [-0.1, -0.05) is 29.8 Å². The third-order valence-electron chi connectivity index (χ3n) is 3.32. The molecule has 2 aromatic rings. The minimum Gasteiger partial charge on any atom is -0.494 e. The zero-order chi connectivity index (χ0) is 15.9. The van der Waals surface area contributed by atoms with Crippen LogP contribution in [0.4, 0.5) is 5.69 Å².